The second-order valence-corrected chi connectivity index (χ2v) is 3.69. The molecule has 0 saturated heterocycles. The van der Waals surface area contributed by atoms with Crippen LogP contribution in [0.1, 0.15) is 11.3 Å². The SMILES string of the molecule is COc1ccc(-n2cc(CO)nn2)cc1C(F)(F)F. The van der Waals surface area contributed by atoms with E-state index in [1.165, 1.54) is 25.4 Å². The second-order valence-electron chi connectivity index (χ2n) is 3.69. The fourth-order valence-electron chi connectivity index (χ4n) is 1.56. The lowest BCUT2D eigenvalue weighted by atomic mass is 10.1. The summed E-state index contributed by atoms with van der Waals surface area (Å²) >= 11 is 0. The molecule has 1 N–H and O–H groups in total. The van der Waals surface area contributed by atoms with Crippen molar-refractivity contribution in [2.24, 2.45) is 0 Å². The molecule has 0 bridgehead atoms. The Balaban J connectivity index is 2.48. The monoisotopic (exact) mass is 273 g/mol. The fourth-order valence-corrected chi connectivity index (χ4v) is 1.56. The minimum absolute atomic E-state index is 0.181. The molecule has 0 amide bonds. The van der Waals surface area contributed by atoms with Gasteiger partial charge in [-0.1, -0.05) is 5.21 Å². The van der Waals surface area contributed by atoms with Gasteiger partial charge in [-0.15, -0.1) is 5.10 Å². The number of ether oxygens (including phenoxy) is 1. The largest absolute Gasteiger partial charge is 0.496 e. The highest BCUT2D eigenvalue weighted by Gasteiger charge is 2.34. The van der Waals surface area contributed by atoms with Crippen LogP contribution in [0.25, 0.3) is 5.69 Å². The summed E-state index contributed by atoms with van der Waals surface area (Å²) < 4.78 is 44.3. The van der Waals surface area contributed by atoms with Gasteiger partial charge in [0.2, 0.25) is 0 Å². The average molecular weight is 273 g/mol. The highest BCUT2D eigenvalue weighted by molar-refractivity contribution is 5.45. The third-order valence-corrected chi connectivity index (χ3v) is 2.46. The van der Waals surface area contributed by atoms with Gasteiger partial charge in [-0.05, 0) is 18.2 Å². The van der Waals surface area contributed by atoms with E-state index in [0.29, 0.717) is 0 Å². The van der Waals surface area contributed by atoms with E-state index in [9.17, 15) is 13.2 Å². The van der Waals surface area contributed by atoms with Crippen molar-refractivity contribution in [3.8, 4) is 11.4 Å². The minimum Gasteiger partial charge on any atom is -0.496 e. The molecular formula is C11H10F3N3O2. The first kappa shape index (κ1) is 13.3. The second kappa shape index (κ2) is 4.88. The number of aliphatic hydroxyl groups is 1. The molecule has 0 atom stereocenters. The normalized spacial score (nSPS) is 11.6. The third-order valence-electron chi connectivity index (χ3n) is 2.46. The summed E-state index contributed by atoms with van der Waals surface area (Å²) in [6.45, 7) is -0.331. The maximum absolute atomic E-state index is 12.8. The van der Waals surface area contributed by atoms with Gasteiger partial charge in [0.05, 0.1) is 31.2 Å². The highest BCUT2D eigenvalue weighted by Crippen LogP contribution is 2.37. The van der Waals surface area contributed by atoms with Crippen LogP contribution >= 0.6 is 0 Å². The number of hydrogen-bond acceptors (Lipinski definition) is 4. The van der Waals surface area contributed by atoms with Gasteiger partial charge < -0.3 is 9.84 Å². The summed E-state index contributed by atoms with van der Waals surface area (Å²) in [5.74, 6) is -0.265. The van der Waals surface area contributed by atoms with Crippen LogP contribution in [0.3, 0.4) is 0 Å². The lowest BCUT2D eigenvalue weighted by Gasteiger charge is -2.13. The molecule has 0 fully saturated rings. The van der Waals surface area contributed by atoms with E-state index in [2.05, 4.69) is 15.0 Å². The predicted octanol–water partition coefficient (Wildman–Crippen LogP) is 1.79. The van der Waals surface area contributed by atoms with Crippen molar-refractivity contribution in [3.05, 3.63) is 35.7 Å². The first-order valence-corrected chi connectivity index (χ1v) is 5.23. The lowest BCUT2D eigenvalue weighted by molar-refractivity contribution is -0.138. The maximum atomic E-state index is 12.8. The van der Waals surface area contributed by atoms with Crippen molar-refractivity contribution < 1.29 is 23.0 Å². The van der Waals surface area contributed by atoms with Crippen molar-refractivity contribution in [2.45, 2.75) is 12.8 Å². The molecule has 0 saturated carbocycles. The van der Waals surface area contributed by atoms with E-state index in [4.69, 9.17) is 5.11 Å². The van der Waals surface area contributed by atoms with Crippen molar-refractivity contribution in [1.82, 2.24) is 15.0 Å². The standard InChI is InChI=1S/C11H10F3N3O2/c1-19-10-3-2-8(4-9(10)11(12,13)14)17-5-7(6-18)15-16-17/h2-5,18H,6H2,1H3. The molecule has 1 aromatic carbocycles. The van der Waals surface area contributed by atoms with E-state index in [0.717, 1.165) is 10.7 Å². The molecule has 2 rings (SSSR count). The zero-order valence-electron chi connectivity index (χ0n) is 9.85. The summed E-state index contributed by atoms with van der Waals surface area (Å²) in [6, 6.07) is 3.54. The van der Waals surface area contributed by atoms with Gasteiger partial charge >= 0.3 is 6.18 Å². The zero-order chi connectivity index (χ0) is 14.0. The summed E-state index contributed by atoms with van der Waals surface area (Å²) in [5.41, 5.74) is -0.446. The van der Waals surface area contributed by atoms with Crippen LogP contribution in [-0.4, -0.2) is 27.2 Å². The van der Waals surface area contributed by atoms with E-state index in [1.54, 1.807) is 0 Å². The van der Waals surface area contributed by atoms with Gasteiger partial charge in [0, 0.05) is 0 Å². The molecule has 5 nitrogen and oxygen atoms in total. The first-order chi connectivity index (χ1) is 8.95. The molecular weight excluding hydrogens is 263 g/mol. The van der Waals surface area contributed by atoms with Crippen LogP contribution in [0.15, 0.2) is 24.4 Å². The van der Waals surface area contributed by atoms with Crippen LogP contribution < -0.4 is 4.74 Å². The van der Waals surface area contributed by atoms with Gasteiger partial charge in [-0.2, -0.15) is 13.2 Å². The zero-order valence-corrected chi connectivity index (χ0v) is 9.85. The van der Waals surface area contributed by atoms with Crippen molar-refractivity contribution in [1.29, 1.82) is 0 Å². The van der Waals surface area contributed by atoms with Gasteiger partial charge in [0.15, 0.2) is 0 Å². The van der Waals surface area contributed by atoms with Crippen molar-refractivity contribution in [2.75, 3.05) is 7.11 Å². The van der Waals surface area contributed by atoms with Gasteiger partial charge in [-0.25, -0.2) is 4.68 Å². The number of rotatable bonds is 3. The summed E-state index contributed by atoms with van der Waals surface area (Å²) in [4.78, 5) is 0. The van der Waals surface area contributed by atoms with Crippen LogP contribution in [0, 0.1) is 0 Å². The minimum atomic E-state index is -4.53. The van der Waals surface area contributed by atoms with E-state index >= 15 is 0 Å². The number of aromatic nitrogens is 3. The van der Waals surface area contributed by atoms with Crippen LogP contribution in [-0.2, 0) is 12.8 Å². The number of benzene rings is 1. The summed E-state index contributed by atoms with van der Waals surface area (Å²) in [5, 5.41) is 16.1. The molecule has 0 aliphatic carbocycles. The predicted molar refractivity (Wildman–Crippen MR) is 58.8 cm³/mol. The quantitative estimate of drug-likeness (QED) is 0.926. The molecule has 1 aromatic heterocycles. The maximum Gasteiger partial charge on any atom is 0.420 e. The molecule has 0 aliphatic rings. The molecule has 1 heterocycles. The average Bonchev–Trinajstić information content (AvgIpc) is 2.85. The summed E-state index contributed by atoms with van der Waals surface area (Å²) in [6.07, 6.45) is -3.18. The van der Waals surface area contributed by atoms with Crippen LogP contribution in [0.5, 0.6) is 5.75 Å². The molecule has 2 aromatic rings. The Labute approximate surface area is 106 Å². The highest BCUT2D eigenvalue weighted by atomic mass is 19.4. The first-order valence-electron chi connectivity index (χ1n) is 5.23. The number of nitrogens with zero attached hydrogens (tertiary/aromatic N) is 3. The van der Waals surface area contributed by atoms with Crippen molar-refractivity contribution >= 4 is 0 Å². The van der Waals surface area contributed by atoms with Gasteiger partial charge in [-0.3, -0.25) is 0 Å². The molecule has 8 heteroatoms. The Morgan fingerprint density at radius 2 is 2.11 bits per heavy atom. The molecule has 0 unspecified atom stereocenters. The third kappa shape index (κ3) is 2.68. The molecule has 19 heavy (non-hydrogen) atoms. The van der Waals surface area contributed by atoms with Gasteiger partial charge in [0.25, 0.3) is 0 Å². The molecule has 102 valence electrons. The van der Waals surface area contributed by atoms with Gasteiger partial charge in [0.1, 0.15) is 11.4 Å². The van der Waals surface area contributed by atoms with Crippen molar-refractivity contribution in [3.63, 3.8) is 0 Å². The molecule has 0 radical (unpaired) electrons. The number of aliphatic hydroxyl groups excluding tert-OH is 1. The van der Waals surface area contributed by atoms with E-state index in [-0.39, 0.29) is 23.7 Å². The Morgan fingerprint density at radius 1 is 1.37 bits per heavy atom. The Hall–Kier alpha value is -2.09. The number of alkyl halides is 3. The topological polar surface area (TPSA) is 60.2 Å². The Kier molecular flexibility index (Phi) is 3.43. The fraction of sp³-hybridized carbons (Fsp3) is 0.273. The Bertz CT molecular complexity index is 581. The number of methoxy groups -OCH3 is 1. The lowest BCUT2D eigenvalue weighted by Crippen LogP contribution is -2.09. The molecule has 0 aliphatic heterocycles. The summed E-state index contributed by atoms with van der Waals surface area (Å²) in [7, 11) is 1.17. The van der Waals surface area contributed by atoms with Crippen LogP contribution in [0.2, 0.25) is 0 Å². The molecule has 0 spiro atoms. The number of hydrogen-bond donors (Lipinski definition) is 1. The smallest absolute Gasteiger partial charge is 0.420 e. The van der Waals surface area contributed by atoms with Crippen LogP contribution in [0.4, 0.5) is 13.2 Å². The Morgan fingerprint density at radius 3 is 2.63 bits per heavy atom. The number of halogens is 3. The van der Waals surface area contributed by atoms with E-state index < -0.39 is 11.7 Å². The van der Waals surface area contributed by atoms with E-state index in [1.807, 2.05) is 0 Å².